The van der Waals surface area contributed by atoms with Gasteiger partial charge in [0.2, 0.25) is 0 Å². The molecule has 1 saturated heterocycles. The number of carbonyl (C=O) groups excluding carboxylic acids is 1. The molecule has 112 valence electrons. The standard InChI is InChI=1S/C13H17F3N2OS/c1-9(11-5-3-7-20-11)17-12(19)18-6-2-4-10(8-18)13(14,15)16/h3,5,7,9-10H,2,4,6,8H2,1H3,(H,17,19). The van der Waals surface area contributed by atoms with E-state index in [2.05, 4.69) is 5.32 Å². The summed E-state index contributed by atoms with van der Waals surface area (Å²) in [4.78, 5) is 14.3. The lowest BCUT2D eigenvalue weighted by Crippen LogP contribution is -2.48. The molecule has 20 heavy (non-hydrogen) atoms. The first-order valence-electron chi connectivity index (χ1n) is 6.53. The van der Waals surface area contributed by atoms with Crippen LogP contribution in [0.3, 0.4) is 0 Å². The molecule has 7 heteroatoms. The highest BCUT2D eigenvalue weighted by atomic mass is 32.1. The fourth-order valence-corrected chi connectivity index (χ4v) is 3.05. The van der Waals surface area contributed by atoms with Crippen molar-refractivity contribution in [2.24, 2.45) is 5.92 Å². The smallest absolute Gasteiger partial charge is 0.331 e. The molecule has 1 aliphatic rings. The molecule has 2 unspecified atom stereocenters. The van der Waals surface area contributed by atoms with Gasteiger partial charge < -0.3 is 10.2 Å². The number of piperidine rings is 1. The Morgan fingerprint density at radius 3 is 2.90 bits per heavy atom. The summed E-state index contributed by atoms with van der Waals surface area (Å²) < 4.78 is 38.1. The van der Waals surface area contributed by atoms with Crippen molar-refractivity contribution in [2.75, 3.05) is 13.1 Å². The molecule has 2 atom stereocenters. The number of hydrogen-bond acceptors (Lipinski definition) is 2. The van der Waals surface area contributed by atoms with Gasteiger partial charge in [0, 0.05) is 18.0 Å². The molecule has 1 aromatic heterocycles. The normalized spacial score (nSPS) is 21.6. The molecule has 2 rings (SSSR count). The van der Waals surface area contributed by atoms with Gasteiger partial charge in [-0.2, -0.15) is 13.2 Å². The number of rotatable bonds is 2. The van der Waals surface area contributed by atoms with Gasteiger partial charge >= 0.3 is 12.2 Å². The molecular formula is C13H17F3N2OS. The van der Waals surface area contributed by atoms with E-state index in [1.54, 1.807) is 0 Å². The Labute approximate surface area is 119 Å². The first-order chi connectivity index (χ1) is 9.38. The Bertz CT molecular complexity index is 447. The van der Waals surface area contributed by atoms with Gasteiger partial charge in [0.25, 0.3) is 0 Å². The Kier molecular flexibility index (Phi) is 4.57. The maximum atomic E-state index is 12.7. The van der Waals surface area contributed by atoms with E-state index in [-0.39, 0.29) is 19.0 Å². The van der Waals surface area contributed by atoms with E-state index >= 15 is 0 Å². The van der Waals surface area contributed by atoms with E-state index in [0.717, 1.165) is 4.88 Å². The number of nitrogens with zero attached hydrogens (tertiary/aromatic N) is 1. The van der Waals surface area contributed by atoms with Crippen molar-refractivity contribution >= 4 is 17.4 Å². The van der Waals surface area contributed by atoms with Crippen LogP contribution in [0.25, 0.3) is 0 Å². The van der Waals surface area contributed by atoms with E-state index in [1.165, 1.54) is 16.2 Å². The van der Waals surface area contributed by atoms with E-state index in [9.17, 15) is 18.0 Å². The van der Waals surface area contributed by atoms with Crippen molar-refractivity contribution in [1.82, 2.24) is 10.2 Å². The molecule has 3 nitrogen and oxygen atoms in total. The van der Waals surface area contributed by atoms with Gasteiger partial charge in [-0.1, -0.05) is 6.07 Å². The molecule has 0 saturated carbocycles. The average molecular weight is 306 g/mol. The van der Waals surface area contributed by atoms with Crippen LogP contribution < -0.4 is 5.32 Å². The number of amides is 2. The number of alkyl halides is 3. The van der Waals surface area contributed by atoms with Crippen LogP contribution >= 0.6 is 11.3 Å². The molecule has 0 spiro atoms. The van der Waals surface area contributed by atoms with Crippen LogP contribution in [-0.4, -0.2) is 30.2 Å². The first kappa shape index (κ1) is 15.2. The number of halogens is 3. The lowest BCUT2D eigenvalue weighted by molar-refractivity contribution is -0.184. The number of likely N-dealkylation sites (tertiary alicyclic amines) is 1. The molecule has 0 radical (unpaired) electrons. The highest BCUT2D eigenvalue weighted by molar-refractivity contribution is 7.10. The Hall–Kier alpha value is -1.24. The molecule has 2 amide bonds. The van der Waals surface area contributed by atoms with Crippen LogP contribution in [-0.2, 0) is 0 Å². The van der Waals surface area contributed by atoms with Crippen molar-refractivity contribution in [3.8, 4) is 0 Å². The third-order valence-electron chi connectivity index (χ3n) is 3.48. The zero-order chi connectivity index (χ0) is 14.8. The molecule has 1 fully saturated rings. The monoisotopic (exact) mass is 306 g/mol. The zero-order valence-corrected chi connectivity index (χ0v) is 11.9. The lowest BCUT2D eigenvalue weighted by atomic mass is 9.98. The minimum Gasteiger partial charge on any atom is -0.331 e. The van der Waals surface area contributed by atoms with Gasteiger partial charge in [-0.25, -0.2) is 4.79 Å². The highest BCUT2D eigenvalue weighted by Gasteiger charge is 2.42. The van der Waals surface area contributed by atoms with Crippen LogP contribution in [0.4, 0.5) is 18.0 Å². The third-order valence-corrected chi connectivity index (χ3v) is 4.54. The van der Waals surface area contributed by atoms with Gasteiger partial charge in [-0.15, -0.1) is 11.3 Å². The van der Waals surface area contributed by atoms with Gasteiger partial charge in [0.15, 0.2) is 0 Å². The fourth-order valence-electron chi connectivity index (χ4n) is 2.31. The van der Waals surface area contributed by atoms with Gasteiger partial charge in [0.1, 0.15) is 0 Å². The van der Waals surface area contributed by atoms with E-state index < -0.39 is 18.1 Å². The highest BCUT2D eigenvalue weighted by Crippen LogP contribution is 2.33. The second kappa shape index (κ2) is 6.03. The van der Waals surface area contributed by atoms with Gasteiger partial charge in [-0.3, -0.25) is 0 Å². The van der Waals surface area contributed by atoms with Crippen molar-refractivity contribution in [3.63, 3.8) is 0 Å². The van der Waals surface area contributed by atoms with Crippen LogP contribution in [0.5, 0.6) is 0 Å². The number of hydrogen-bond donors (Lipinski definition) is 1. The molecular weight excluding hydrogens is 289 g/mol. The summed E-state index contributed by atoms with van der Waals surface area (Å²) in [6.45, 7) is 1.97. The fraction of sp³-hybridized carbons (Fsp3) is 0.615. The molecule has 1 aliphatic heterocycles. The van der Waals surface area contributed by atoms with Crippen molar-refractivity contribution in [1.29, 1.82) is 0 Å². The van der Waals surface area contributed by atoms with Crippen molar-refractivity contribution in [3.05, 3.63) is 22.4 Å². The van der Waals surface area contributed by atoms with E-state index in [0.29, 0.717) is 13.0 Å². The molecule has 0 aliphatic carbocycles. The molecule has 0 aromatic carbocycles. The van der Waals surface area contributed by atoms with Crippen molar-refractivity contribution in [2.45, 2.75) is 32.0 Å². The molecule has 0 bridgehead atoms. The second-order valence-corrected chi connectivity index (χ2v) is 5.99. The van der Waals surface area contributed by atoms with Gasteiger partial charge in [-0.05, 0) is 31.2 Å². The van der Waals surface area contributed by atoms with E-state index in [4.69, 9.17) is 0 Å². The summed E-state index contributed by atoms with van der Waals surface area (Å²) >= 11 is 1.51. The summed E-state index contributed by atoms with van der Waals surface area (Å²) in [5.74, 6) is -1.40. The SMILES string of the molecule is CC(NC(=O)N1CCCC(C(F)(F)F)C1)c1cccs1. The van der Waals surface area contributed by atoms with Crippen LogP contribution in [0.1, 0.15) is 30.7 Å². The minimum absolute atomic E-state index is 0.105. The molecule has 2 heterocycles. The van der Waals surface area contributed by atoms with Crippen molar-refractivity contribution < 1.29 is 18.0 Å². The maximum Gasteiger partial charge on any atom is 0.393 e. The van der Waals surface area contributed by atoms with Crippen LogP contribution in [0, 0.1) is 5.92 Å². The lowest BCUT2D eigenvalue weighted by Gasteiger charge is -2.34. The minimum atomic E-state index is -4.22. The summed E-state index contributed by atoms with van der Waals surface area (Å²) in [5, 5.41) is 4.66. The molecule has 1 N–H and O–H groups in total. The van der Waals surface area contributed by atoms with Crippen LogP contribution in [0.2, 0.25) is 0 Å². The second-order valence-electron chi connectivity index (χ2n) is 5.01. The first-order valence-corrected chi connectivity index (χ1v) is 7.41. The van der Waals surface area contributed by atoms with Gasteiger partial charge in [0.05, 0.1) is 12.0 Å². The zero-order valence-electron chi connectivity index (χ0n) is 11.1. The summed E-state index contributed by atoms with van der Waals surface area (Å²) in [6.07, 6.45) is -3.73. The average Bonchev–Trinajstić information content (AvgIpc) is 2.91. The summed E-state index contributed by atoms with van der Waals surface area (Å²) in [5.41, 5.74) is 0. The molecule has 1 aromatic rings. The number of carbonyl (C=O) groups is 1. The quantitative estimate of drug-likeness (QED) is 0.886. The Morgan fingerprint density at radius 2 is 2.30 bits per heavy atom. The number of thiophene rings is 1. The number of nitrogens with one attached hydrogen (secondary N) is 1. The predicted octanol–water partition coefficient (Wildman–Crippen LogP) is 3.79. The Balaban J connectivity index is 1.92. The largest absolute Gasteiger partial charge is 0.393 e. The Morgan fingerprint density at radius 1 is 1.55 bits per heavy atom. The topological polar surface area (TPSA) is 32.3 Å². The summed E-state index contributed by atoms with van der Waals surface area (Å²) in [7, 11) is 0. The third kappa shape index (κ3) is 3.65. The number of urea groups is 1. The van der Waals surface area contributed by atoms with Crippen LogP contribution in [0.15, 0.2) is 17.5 Å². The van der Waals surface area contributed by atoms with E-state index in [1.807, 2.05) is 24.4 Å². The summed E-state index contributed by atoms with van der Waals surface area (Å²) in [6, 6.07) is 3.17. The maximum absolute atomic E-state index is 12.7. The predicted molar refractivity (Wildman–Crippen MR) is 71.6 cm³/mol.